The van der Waals surface area contributed by atoms with Crippen LogP contribution < -0.4 is 10.2 Å². The van der Waals surface area contributed by atoms with Crippen molar-refractivity contribution in [1.29, 1.82) is 0 Å². The SMILES string of the molecule is CC(C)(C)NCc1ccc(Br)cc1N1CCS(=O)(=O)CC1. The molecule has 1 N–H and O–H groups in total. The van der Waals surface area contributed by atoms with Gasteiger partial charge in [0.1, 0.15) is 0 Å². The van der Waals surface area contributed by atoms with E-state index in [0.717, 1.165) is 16.7 Å². The number of sulfone groups is 1. The van der Waals surface area contributed by atoms with E-state index in [1.54, 1.807) is 0 Å². The molecule has 6 heteroatoms. The van der Waals surface area contributed by atoms with Gasteiger partial charge in [0, 0.05) is 35.3 Å². The van der Waals surface area contributed by atoms with Crippen LogP contribution in [0.15, 0.2) is 22.7 Å². The van der Waals surface area contributed by atoms with Crippen molar-refractivity contribution >= 4 is 31.5 Å². The second-order valence-electron chi connectivity index (χ2n) is 6.52. The van der Waals surface area contributed by atoms with E-state index in [0.29, 0.717) is 13.1 Å². The third kappa shape index (κ3) is 4.97. The lowest BCUT2D eigenvalue weighted by Gasteiger charge is -2.31. The summed E-state index contributed by atoms with van der Waals surface area (Å²) in [5.74, 6) is 0.483. The quantitative estimate of drug-likeness (QED) is 0.882. The van der Waals surface area contributed by atoms with Crippen molar-refractivity contribution in [3.8, 4) is 0 Å². The number of nitrogens with zero attached hydrogens (tertiary/aromatic N) is 1. The Morgan fingerprint density at radius 3 is 2.43 bits per heavy atom. The molecule has 0 radical (unpaired) electrons. The van der Waals surface area contributed by atoms with Gasteiger partial charge in [0.2, 0.25) is 0 Å². The van der Waals surface area contributed by atoms with Gasteiger partial charge in [-0.25, -0.2) is 8.42 Å². The molecule has 0 aromatic heterocycles. The Balaban J connectivity index is 2.19. The summed E-state index contributed by atoms with van der Waals surface area (Å²) in [5, 5.41) is 3.49. The Morgan fingerprint density at radius 1 is 1.24 bits per heavy atom. The Morgan fingerprint density at radius 2 is 1.86 bits per heavy atom. The van der Waals surface area contributed by atoms with Crippen molar-refractivity contribution in [3.05, 3.63) is 28.2 Å². The summed E-state index contributed by atoms with van der Waals surface area (Å²) in [4.78, 5) is 2.17. The van der Waals surface area contributed by atoms with Gasteiger partial charge in [-0.15, -0.1) is 0 Å². The van der Waals surface area contributed by atoms with Crippen LogP contribution >= 0.6 is 15.9 Å². The first-order valence-corrected chi connectivity index (χ1v) is 9.77. The highest BCUT2D eigenvalue weighted by Gasteiger charge is 2.23. The molecule has 0 saturated carbocycles. The van der Waals surface area contributed by atoms with E-state index in [1.807, 2.05) is 6.07 Å². The molecule has 0 aliphatic carbocycles. The Kier molecular flexibility index (Phi) is 5.00. The summed E-state index contributed by atoms with van der Waals surface area (Å²) in [7, 11) is -2.85. The van der Waals surface area contributed by atoms with Gasteiger partial charge < -0.3 is 10.2 Å². The first kappa shape index (κ1) is 16.8. The summed E-state index contributed by atoms with van der Waals surface area (Å²) in [6, 6.07) is 6.21. The summed E-state index contributed by atoms with van der Waals surface area (Å²) in [5.41, 5.74) is 2.37. The Hall–Kier alpha value is -0.590. The number of hydrogen-bond acceptors (Lipinski definition) is 4. The molecular formula is C15H23BrN2O2S. The largest absolute Gasteiger partial charge is 0.369 e. The molecule has 0 spiro atoms. The van der Waals surface area contributed by atoms with Crippen LogP contribution in [0.2, 0.25) is 0 Å². The fraction of sp³-hybridized carbons (Fsp3) is 0.600. The molecule has 0 bridgehead atoms. The zero-order valence-electron chi connectivity index (χ0n) is 12.8. The Bertz CT molecular complexity index is 595. The zero-order chi connectivity index (χ0) is 15.7. The van der Waals surface area contributed by atoms with Crippen LogP contribution in [0.1, 0.15) is 26.3 Å². The third-order valence-electron chi connectivity index (χ3n) is 3.54. The highest BCUT2D eigenvalue weighted by molar-refractivity contribution is 9.10. The predicted octanol–water partition coefficient (Wildman–Crippen LogP) is 2.57. The van der Waals surface area contributed by atoms with Crippen molar-refractivity contribution in [1.82, 2.24) is 5.32 Å². The second-order valence-corrected chi connectivity index (χ2v) is 9.73. The fourth-order valence-electron chi connectivity index (χ4n) is 2.29. The van der Waals surface area contributed by atoms with Gasteiger partial charge in [-0.1, -0.05) is 22.0 Å². The number of halogens is 1. The van der Waals surface area contributed by atoms with Crippen molar-refractivity contribution in [3.63, 3.8) is 0 Å². The van der Waals surface area contributed by atoms with Crippen LogP contribution in [0.25, 0.3) is 0 Å². The minimum Gasteiger partial charge on any atom is -0.369 e. The minimum atomic E-state index is -2.85. The normalized spacial score (nSPS) is 18.8. The maximum absolute atomic E-state index is 11.6. The molecule has 4 nitrogen and oxygen atoms in total. The molecule has 1 fully saturated rings. The van der Waals surface area contributed by atoms with E-state index < -0.39 is 9.84 Å². The molecular weight excluding hydrogens is 352 g/mol. The smallest absolute Gasteiger partial charge is 0.153 e. The van der Waals surface area contributed by atoms with Crippen molar-refractivity contribution < 1.29 is 8.42 Å². The van der Waals surface area contributed by atoms with E-state index in [1.165, 1.54) is 5.56 Å². The van der Waals surface area contributed by atoms with E-state index in [2.05, 4.69) is 59.1 Å². The molecule has 1 aliphatic heterocycles. The molecule has 2 rings (SSSR count). The molecule has 1 saturated heterocycles. The van der Waals surface area contributed by atoms with E-state index in [4.69, 9.17) is 0 Å². The monoisotopic (exact) mass is 374 g/mol. The van der Waals surface area contributed by atoms with Gasteiger partial charge in [0.15, 0.2) is 9.84 Å². The van der Waals surface area contributed by atoms with Crippen molar-refractivity contribution in [2.24, 2.45) is 0 Å². The van der Waals surface area contributed by atoms with Gasteiger partial charge in [0.05, 0.1) is 11.5 Å². The van der Waals surface area contributed by atoms with Crippen LogP contribution in [0.4, 0.5) is 5.69 Å². The van der Waals surface area contributed by atoms with Gasteiger partial charge in [0.25, 0.3) is 0 Å². The predicted molar refractivity (Wildman–Crippen MR) is 91.6 cm³/mol. The van der Waals surface area contributed by atoms with Gasteiger partial charge in [-0.2, -0.15) is 0 Å². The number of nitrogens with one attached hydrogen (secondary N) is 1. The summed E-state index contributed by atoms with van der Waals surface area (Å²) in [6.45, 7) is 8.33. The molecule has 1 aromatic rings. The van der Waals surface area contributed by atoms with E-state index in [-0.39, 0.29) is 17.0 Å². The molecule has 0 atom stereocenters. The highest BCUT2D eigenvalue weighted by atomic mass is 79.9. The molecule has 0 amide bonds. The lowest BCUT2D eigenvalue weighted by molar-refractivity contribution is 0.424. The van der Waals surface area contributed by atoms with Crippen LogP contribution in [-0.2, 0) is 16.4 Å². The number of rotatable bonds is 3. The van der Waals surface area contributed by atoms with E-state index in [9.17, 15) is 8.42 Å². The first-order chi connectivity index (χ1) is 9.66. The average Bonchev–Trinajstić information content (AvgIpc) is 2.36. The van der Waals surface area contributed by atoms with Gasteiger partial charge in [-0.3, -0.25) is 0 Å². The Labute approximate surface area is 136 Å². The maximum Gasteiger partial charge on any atom is 0.153 e. The van der Waals surface area contributed by atoms with Gasteiger partial charge in [-0.05, 0) is 38.5 Å². The fourth-order valence-corrected chi connectivity index (χ4v) is 3.84. The standard InChI is InChI=1S/C15H23BrN2O2S/c1-15(2,3)17-11-12-4-5-13(16)10-14(12)18-6-8-21(19,20)9-7-18/h4-5,10,17H,6-9,11H2,1-3H3. The highest BCUT2D eigenvalue weighted by Crippen LogP contribution is 2.27. The van der Waals surface area contributed by atoms with E-state index >= 15 is 0 Å². The summed E-state index contributed by atoms with van der Waals surface area (Å²) >= 11 is 3.51. The lowest BCUT2D eigenvalue weighted by atomic mass is 10.1. The molecule has 21 heavy (non-hydrogen) atoms. The maximum atomic E-state index is 11.6. The average molecular weight is 375 g/mol. The number of benzene rings is 1. The van der Waals surface area contributed by atoms with Crippen LogP contribution in [0.3, 0.4) is 0 Å². The van der Waals surface area contributed by atoms with Crippen LogP contribution in [0.5, 0.6) is 0 Å². The summed E-state index contributed by atoms with van der Waals surface area (Å²) < 4.78 is 24.2. The van der Waals surface area contributed by atoms with Crippen LogP contribution in [-0.4, -0.2) is 38.6 Å². The molecule has 1 aliphatic rings. The number of anilines is 1. The summed E-state index contributed by atoms with van der Waals surface area (Å²) in [6.07, 6.45) is 0. The molecule has 118 valence electrons. The number of hydrogen-bond donors (Lipinski definition) is 1. The lowest BCUT2D eigenvalue weighted by Crippen LogP contribution is -2.41. The second kappa shape index (κ2) is 6.26. The topological polar surface area (TPSA) is 49.4 Å². The van der Waals surface area contributed by atoms with Crippen LogP contribution in [0, 0.1) is 0 Å². The third-order valence-corrected chi connectivity index (χ3v) is 5.64. The van der Waals surface area contributed by atoms with Gasteiger partial charge >= 0.3 is 0 Å². The van der Waals surface area contributed by atoms with Crippen molar-refractivity contribution in [2.45, 2.75) is 32.9 Å². The molecule has 0 unspecified atom stereocenters. The minimum absolute atomic E-state index is 0.0512. The molecule has 1 aromatic carbocycles. The molecule has 1 heterocycles. The zero-order valence-corrected chi connectivity index (χ0v) is 15.2. The first-order valence-electron chi connectivity index (χ1n) is 7.15. The van der Waals surface area contributed by atoms with Crippen molar-refractivity contribution in [2.75, 3.05) is 29.5 Å².